The fraction of sp³-hybridized carbons (Fsp3) is 0.389. The fourth-order valence-corrected chi connectivity index (χ4v) is 3.04. The van der Waals surface area contributed by atoms with E-state index in [-0.39, 0.29) is 17.0 Å². The minimum absolute atomic E-state index is 0.156. The van der Waals surface area contributed by atoms with Crippen molar-refractivity contribution in [2.45, 2.75) is 38.9 Å². The van der Waals surface area contributed by atoms with Crippen molar-refractivity contribution in [3.8, 4) is 6.07 Å². The summed E-state index contributed by atoms with van der Waals surface area (Å²) in [6.07, 6.45) is 2.09. The number of nitriles is 1. The summed E-state index contributed by atoms with van der Waals surface area (Å²) in [5, 5.41) is 16.2. The van der Waals surface area contributed by atoms with Gasteiger partial charge in [-0.3, -0.25) is 0 Å². The van der Waals surface area contributed by atoms with E-state index in [2.05, 4.69) is 29.2 Å². The summed E-state index contributed by atoms with van der Waals surface area (Å²) in [5.41, 5.74) is -0.200. The van der Waals surface area contributed by atoms with Crippen LogP contribution in [0.4, 0.5) is 18.9 Å². The normalized spacial score (nSPS) is 19.5. The molecule has 1 aromatic carbocycles. The smallest absolute Gasteiger partial charge is 0.378 e. The number of hydrogen-bond acceptors (Lipinski definition) is 4. The molecule has 0 saturated heterocycles. The van der Waals surface area contributed by atoms with Gasteiger partial charge in [-0.2, -0.15) is 23.5 Å². The highest BCUT2D eigenvalue weighted by Crippen LogP contribution is 2.39. The van der Waals surface area contributed by atoms with Gasteiger partial charge >= 0.3 is 6.18 Å². The molecule has 1 aliphatic rings. The van der Waals surface area contributed by atoms with Crippen LogP contribution in [-0.4, -0.2) is 20.8 Å². The second kappa shape index (κ2) is 6.48. The van der Waals surface area contributed by atoms with Gasteiger partial charge in [-0.1, -0.05) is 13.8 Å². The Morgan fingerprint density at radius 1 is 1.35 bits per heavy atom. The molecule has 0 fully saturated rings. The highest BCUT2D eigenvalue weighted by molar-refractivity contribution is 5.56. The van der Waals surface area contributed by atoms with E-state index in [1.807, 2.05) is 6.08 Å². The van der Waals surface area contributed by atoms with Crippen LogP contribution in [0.15, 0.2) is 36.9 Å². The van der Waals surface area contributed by atoms with Crippen LogP contribution in [0.3, 0.4) is 0 Å². The van der Waals surface area contributed by atoms with Crippen molar-refractivity contribution >= 4 is 11.4 Å². The number of aromatic nitrogens is 3. The van der Waals surface area contributed by atoms with Gasteiger partial charge in [0.25, 0.3) is 0 Å². The number of halogens is 3. The zero-order valence-electron chi connectivity index (χ0n) is 14.4. The predicted molar refractivity (Wildman–Crippen MR) is 90.9 cm³/mol. The molecule has 0 bridgehead atoms. The molecule has 26 heavy (non-hydrogen) atoms. The first kappa shape index (κ1) is 18.0. The molecule has 0 saturated carbocycles. The van der Waals surface area contributed by atoms with Crippen molar-refractivity contribution in [2.24, 2.45) is 5.41 Å². The number of nitrogens with one attached hydrogen (secondary N) is 1. The summed E-state index contributed by atoms with van der Waals surface area (Å²) < 4.78 is 41.2. The van der Waals surface area contributed by atoms with E-state index in [1.165, 1.54) is 18.5 Å². The summed E-state index contributed by atoms with van der Waals surface area (Å²) >= 11 is 0. The molecule has 0 radical (unpaired) electrons. The summed E-state index contributed by atoms with van der Waals surface area (Å²) in [5.74, 6) is 0. The number of benzene rings is 1. The number of rotatable bonds is 3. The number of anilines is 1. The van der Waals surface area contributed by atoms with Crippen molar-refractivity contribution < 1.29 is 13.2 Å². The van der Waals surface area contributed by atoms with Gasteiger partial charge in [0.15, 0.2) is 0 Å². The molecule has 3 rings (SSSR count). The third-order valence-electron chi connectivity index (χ3n) is 4.71. The lowest BCUT2D eigenvalue weighted by Crippen LogP contribution is -2.38. The van der Waals surface area contributed by atoms with Crippen LogP contribution in [0.1, 0.15) is 37.8 Å². The summed E-state index contributed by atoms with van der Waals surface area (Å²) in [7, 11) is 0. The molecule has 0 aliphatic heterocycles. The molecule has 1 unspecified atom stereocenters. The lowest BCUT2D eigenvalue weighted by atomic mass is 9.75. The van der Waals surface area contributed by atoms with E-state index < -0.39 is 11.7 Å². The quantitative estimate of drug-likeness (QED) is 0.885. The molecule has 0 spiro atoms. The second-order valence-electron chi connectivity index (χ2n) is 6.98. The molecule has 8 heteroatoms. The Kier molecular flexibility index (Phi) is 4.48. The van der Waals surface area contributed by atoms with Crippen LogP contribution in [-0.2, 0) is 6.18 Å². The molecule has 1 heterocycles. The van der Waals surface area contributed by atoms with Crippen LogP contribution in [0, 0.1) is 16.7 Å². The van der Waals surface area contributed by atoms with E-state index in [9.17, 15) is 13.2 Å². The van der Waals surface area contributed by atoms with Gasteiger partial charge in [-0.05, 0) is 42.5 Å². The zero-order chi connectivity index (χ0) is 18.9. The monoisotopic (exact) mass is 361 g/mol. The first-order valence-electron chi connectivity index (χ1n) is 8.14. The summed E-state index contributed by atoms with van der Waals surface area (Å²) in [4.78, 5) is 3.94. The fourth-order valence-electron chi connectivity index (χ4n) is 3.04. The van der Waals surface area contributed by atoms with Crippen molar-refractivity contribution in [2.75, 3.05) is 5.32 Å². The predicted octanol–water partition coefficient (Wildman–Crippen LogP) is 4.31. The third-order valence-corrected chi connectivity index (χ3v) is 4.71. The van der Waals surface area contributed by atoms with Gasteiger partial charge in [-0.15, -0.1) is 0 Å². The number of alkyl halides is 3. The van der Waals surface area contributed by atoms with Crippen LogP contribution >= 0.6 is 0 Å². The Labute approximate surface area is 149 Å². The van der Waals surface area contributed by atoms with Crippen LogP contribution < -0.4 is 5.32 Å². The minimum Gasteiger partial charge on any atom is -0.378 e. The van der Waals surface area contributed by atoms with Crippen molar-refractivity contribution in [1.29, 1.82) is 5.26 Å². The van der Waals surface area contributed by atoms with E-state index >= 15 is 0 Å². The van der Waals surface area contributed by atoms with Gasteiger partial charge in [0.1, 0.15) is 12.7 Å². The van der Waals surface area contributed by atoms with Gasteiger partial charge < -0.3 is 5.32 Å². The van der Waals surface area contributed by atoms with Crippen LogP contribution in [0.5, 0.6) is 0 Å². The van der Waals surface area contributed by atoms with Gasteiger partial charge in [0, 0.05) is 11.4 Å². The molecular weight excluding hydrogens is 343 g/mol. The Hall–Kier alpha value is -2.82. The summed E-state index contributed by atoms with van der Waals surface area (Å²) in [6.45, 7) is 4.13. The first-order valence-corrected chi connectivity index (χ1v) is 8.14. The molecule has 2 aromatic rings. The van der Waals surface area contributed by atoms with Crippen LogP contribution in [0.25, 0.3) is 5.70 Å². The van der Waals surface area contributed by atoms with Crippen molar-refractivity contribution in [3.63, 3.8) is 0 Å². The molecule has 1 aromatic heterocycles. The Morgan fingerprint density at radius 2 is 2.12 bits per heavy atom. The van der Waals surface area contributed by atoms with Gasteiger partial charge in [-0.25, -0.2) is 9.67 Å². The largest absolute Gasteiger partial charge is 0.417 e. The van der Waals surface area contributed by atoms with Crippen molar-refractivity contribution in [3.05, 3.63) is 48.1 Å². The topological polar surface area (TPSA) is 66.5 Å². The molecule has 5 nitrogen and oxygen atoms in total. The lowest BCUT2D eigenvalue weighted by molar-refractivity contribution is -0.137. The highest BCUT2D eigenvalue weighted by Gasteiger charge is 2.35. The van der Waals surface area contributed by atoms with E-state index in [1.54, 1.807) is 17.1 Å². The SMILES string of the molecule is CC1(C)CCC(n2cncn2)=CC1Nc1ccc(C#N)c(C(F)(F)F)c1. The average Bonchev–Trinajstić information content (AvgIpc) is 3.10. The number of nitrogens with zero attached hydrogens (tertiary/aromatic N) is 4. The molecule has 136 valence electrons. The van der Waals surface area contributed by atoms with Gasteiger partial charge in [0.05, 0.1) is 23.2 Å². The lowest BCUT2D eigenvalue weighted by Gasteiger charge is -2.38. The maximum atomic E-state index is 13.2. The van der Waals surface area contributed by atoms with Crippen molar-refractivity contribution in [1.82, 2.24) is 14.8 Å². The second-order valence-corrected chi connectivity index (χ2v) is 6.98. The maximum absolute atomic E-state index is 13.2. The molecule has 1 atom stereocenters. The molecule has 1 N–H and O–H groups in total. The zero-order valence-corrected chi connectivity index (χ0v) is 14.4. The minimum atomic E-state index is -4.58. The van der Waals surface area contributed by atoms with Crippen LogP contribution in [0.2, 0.25) is 0 Å². The highest BCUT2D eigenvalue weighted by atomic mass is 19.4. The van der Waals surface area contributed by atoms with E-state index in [4.69, 9.17) is 5.26 Å². The molecular formula is C18H18F3N5. The number of allylic oxidation sites excluding steroid dienone is 1. The number of hydrogen-bond donors (Lipinski definition) is 1. The Balaban J connectivity index is 1.93. The first-order chi connectivity index (χ1) is 12.2. The average molecular weight is 361 g/mol. The molecule has 1 aliphatic carbocycles. The third kappa shape index (κ3) is 3.57. The maximum Gasteiger partial charge on any atom is 0.417 e. The summed E-state index contributed by atoms with van der Waals surface area (Å²) in [6, 6.07) is 5.10. The van der Waals surface area contributed by atoms with Gasteiger partial charge in [0.2, 0.25) is 0 Å². The van der Waals surface area contributed by atoms with E-state index in [0.29, 0.717) is 5.69 Å². The standard InChI is InChI=1S/C18H18F3N5/c1-17(2)6-5-14(26-11-23-10-24-26)8-16(17)25-13-4-3-12(9-22)15(7-13)18(19,20)21/h3-4,7-8,10-11,16,25H,5-6H2,1-2H3. The van der Waals surface area contributed by atoms with E-state index in [0.717, 1.165) is 24.6 Å². The Bertz CT molecular complexity index is 860. The Morgan fingerprint density at radius 3 is 2.73 bits per heavy atom. The molecule has 0 amide bonds.